The maximum atomic E-state index is 16.4. The zero-order valence-electron chi connectivity index (χ0n) is 16.6. The molecule has 2 aliphatic rings. The number of rotatable bonds is 2. The molecule has 0 saturated carbocycles. The Labute approximate surface area is 156 Å². The average Bonchev–Trinajstić information content (AvgIpc) is 2.93. The Morgan fingerprint density at radius 2 is 1.40 bits per heavy atom. The SMILES string of the molecule is CC1=Cc2c(C)cc(C)cc2[CH]1[Zr]([F])([F])[C]1(C)C(C)=C(C)C(C)=C1C. The van der Waals surface area contributed by atoms with E-state index in [9.17, 15) is 0 Å². The Bertz CT molecular complexity index is 844. The summed E-state index contributed by atoms with van der Waals surface area (Å²) in [5, 5.41) is 0. The van der Waals surface area contributed by atoms with Gasteiger partial charge in [-0.1, -0.05) is 0 Å². The molecule has 0 saturated heterocycles. The molecule has 1 atom stereocenters. The maximum absolute atomic E-state index is 16.4. The van der Waals surface area contributed by atoms with Crippen LogP contribution in [0, 0.1) is 13.8 Å². The van der Waals surface area contributed by atoms with Crippen molar-refractivity contribution in [3.63, 3.8) is 0 Å². The van der Waals surface area contributed by atoms with Crippen LogP contribution in [0.25, 0.3) is 6.08 Å². The van der Waals surface area contributed by atoms with Gasteiger partial charge in [-0.15, -0.1) is 0 Å². The normalized spacial score (nSPS) is 22.6. The van der Waals surface area contributed by atoms with Gasteiger partial charge >= 0.3 is 157 Å². The van der Waals surface area contributed by atoms with E-state index in [1.165, 1.54) is 0 Å². The Kier molecular flexibility index (Phi) is 4.43. The molecular weight excluding hydrogens is 393 g/mol. The van der Waals surface area contributed by atoms with Gasteiger partial charge in [-0.2, -0.15) is 0 Å². The molecule has 0 spiro atoms. The molecule has 3 rings (SSSR count). The van der Waals surface area contributed by atoms with Gasteiger partial charge in [-0.25, -0.2) is 0 Å². The summed E-state index contributed by atoms with van der Waals surface area (Å²) in [7, 11) is 0. The molecule has 25 heavy (non-hydrogen) atoms. The van der Waals surface area contributed by atoms with Crippen molar-refractivity contribution in [3.8, 4) is 0 Å². The van der Waals surface area contributed by atoms with Crippen LogP contribution < -0.4 is 0 Å². The number of hydrogen-bond acceptors (Lipinski definition) is 0. The first-order valence-electron chi connectivity index (χ1n) is 8.98. The summed E-state index contributed by atoms with van der Waals surface area (Å²) >= 11 is -5.65. The van der Waals surface area contributed by atoms with E-state index in [2.05, 4.69) is 6.07 Å². The topological polar surface area (TPSA) is 0 Å². The van der Waals surface area contributed by atoms with Crippen LogP contribution in [0.2, 0.25) is 3.12 Å². The van der Waals surface area contributed by atoms with Crippen LogP contribution in [0.1, 0.15) is 67.4 Å². The Balaban J connectivity index is 2.23. The third kappa shape index (κ3) is 2.37. The summed E-state index contributed by atoms with van der Waals surface area (Å²) in [6.45, 7) is 15.6. The van der Waals surface area contributed by atoms with Crippen molar-refractivity contribution in [1.29, 1.82) is 0 Å². The van der Waals surface area contributed by atoms with E-state index < -0.39 is 28.2 Å². The molecule has 3 heteroatoms. The van der Waals surface area contributed by atoms with Crippen molar-refractivity contribution in [2.24, 2.45) is 0 Å². The van der Waals surface area contributed by atoms with Gasteiger partial charge in [0, 0.05) is 0 Å². The third-order valence-corrected chi connectivity index (χ3v) is 15.7. The monoisotopic (exact) mass is 420 g/mol. The molecule has 0 nitrogen and oxygen atoms in total. The standard InChI is InChI=1S/C12H13.C10H15.2FH.Zr/c1-8-4-10(3)12-7-9(2)6-11(12)5-8;1-6-7(2)9(4)10(5)8(6)3;;;/h4-7H,1-3H3;1-5H3;2*1H;/q;;;;+2/p-2. The summed E-state index contributed by atoms with van der Waals surface area (Å²) < 4.78 is 31.0. The molecular formula is C22H28F2Zr. The van der Waals surface area contributed by atoms with Gasteiger partial charge < -0.3 is 0 Å². The average molecular weight is 422 g/mol. The number of aryl methyl sites for hydroxylation is 2. The van der Waals surface area contributed by atoms with E-state index >= 15 is 5.25 Å². The molecule has 2 aliphatic carbocycles. The third-order valence-electron chi connectivity index (χ3n) is 6.92. The molecule has 0 N–H and O–H groups in total. The molecule has 0 aromatic heterocycles. The zero-order valence-corrected chi connectivity index (χ0v) is 19.0. The molecule has 0 bridgehead atoms. The van der Waals surface area contributed by atoms with Crippen LogP contribution in [0.3, 0.4) is 0 Å². The van der Waals surface area contributed by atoms with Crippen molar-refractivity contribution >= 4 is 6.08 Å². The predicted molar refractivity (Wildman–Crippen MR) is 99.6 cm³/mol. The van der Waals surface area contributed by atoms with Crippen LogP contribution >= 0.6 is 0 Å². The van der Waals surface area contributed by atoms with Crippen LogP contribution in [0.15, 0.2) is 40.0 Å². The summed E-state index contributed by atoms with van der Waals surface area (Å²) in [5.41, 5.74) is 8.88. The van der Waals surface area contributed by atoms with E-state index in [0.717, 1.165) is 50.1 Å². The second kappa shape index (κ2) is 5.84. The Morgan fingerprint density at radius 1 is 0.880 bits per heavy atom. The van der Waals surface area contributed by atoms with Gasteiger partial charge in [0.1, 0.15) is 0 Å². The minimum atomic E-state index is -5.65. The van der Waals surface area contributed by atoms with Crippen molar-refractivity contribution in [2.75, 3.05) is 0 Å². The van der Waals surface area contributed by atoms with Gasteiger partial charge in [-0.05, 0) is 0 Å². The van der Waals surface area contributed by atoms with Crippen molar-refractivity contribution < 1.29 is 26.7 Å². The summed E-state index contributed by atoms with van der Waals surface area (Å²) in [6.07, 6.45) is 2.01. The second-order valence-corrected chi connectivity index (χ2v) is 15.1. The summed E-state index contributed by atoms with van der Waals surface area (Å²) in [6, 6.07) is 4.10. The van der Waals surface area contributed by atoms with E-state index in [-0.39, 0.29) is 0 Å². The van der Waals surface area contributed by atoms with Gasteiger partial charge in [0.15, 0.2) is 0 Å². The van der Waals surface area contributed by atoms with Crippen molar-refractivity contribution in [2.45, 2.75) is 62.1 Å². The van der Waals surface area contributed by atoms with Gasteiger partial charge in [0.05, 0.1) is 0 Å². The first-order chi connectivity index (χ1) is 11.4. The number of fused-ring (bicyclic) bond motifs is 1. The Morgan fingerprint density at radius 3 is 1.92 bits per heavy atom. The second-order valence-electron chi connectivity index (χ2n) is 8.15. The van der Waals surface area contributed by atoms with Crippen LogP contribution in [0.5, 0.6) is 0 Å². The summed E-state index contributed by atoms with van der Waals surface area (Å²) in [4.78, 5) is 0. The Hall–Kier alpha value is -0.817. The number of benzene rings is 1. The predicted octanol–water partition coefficient (Wildman–Crippen LogP) is 7.55. The van der Waals surface area contributed by atoms with Gasteiger partial charge in [-0.3, -0.25) is 0 Å². The van der Waals surface area contributed by atoms with E-state index in [4.69, 9.17) is 0 Å². The van der Waals surface area contributed by atoms with Gasteiger partial charge in [0.25, 0.3) is 0 Å². The van der Waals surface area contributed by atoms with Crippen molar-refractivity contribution in [3.05, 3.63) is 62.3 Å². The molecule has 1 aromatic rings. The zero-order chi connectivity index (χ0) is 18.9. The fourth-order valence-corrected chi connectivity index (χ4v) is 12.8. The van der Waals surface area contributed by atoms with Crippen LogP contribution in [-0.2, 0) is 21.5 Å². The molecule has 0 fully saturated rings. The quantitative estimate of drug-likeness (QED) is 0.462. The minimum absolute atomic E-state index is 0.656. The molecule has 1 aromatic carbocycles. The molecule has 134 valence electrons. The van der Waals surface area contributed by atoms with Crippen molar-refractivity contribution in [1.82, 2.24) is 0 Å². The summed E-state index contributed by atoms with van der Waals surface area (Å²) in [5.74, 6) is 0. The fraction of sp³-hybridized carbons (Fsp3) is 0.455. The molecule has 1 unspecified atom stereocenters. The fourth-order valence-electron chi connectivity index (χ4n) is 4.87. The number of hydrogen-bond donors (Lipinski definition) is 0. The molecule has 0 radical (unpaired) electrons. The van der Waals surface area contributed by atoms with E-state index in [1.807, 2.05) is 67.5 Å². The molecule has 0 aliphatic heterocycles. The van der Waals surface area contributed by atoms with Crippen LogP contribution in [0.4, 0.5) is 5.25 Å². The number of allylic oxidation sites excluding steroid dienone is 5. The van der Waals surface area contributed by atoms with E-state index in [0.29, 0.717) is 0 Å². The molecule has 0 heterocycles. The number of halogens is 2. The van der Waals surface area contributed by atoms with E-state index in [1.54, 1.807) is 0 Å². The first kappa shape index (κ1) is 19.0. The molecule has 0 amide bonds. The van der Waals surface area contributed by atoms with Gasteiger partial charge in [0.2, 0.25) is 0 Å². The van der Waals surface area contributed by atoms with Crippen LogP contribution in [-0.4, -0.2) is 0 Å². The first-order valence-corrected chi connectivity index (χ1v) is 13.5.